The number of rotatable bonds is 1. The minimum Gasteiger partial charge on any atom is -0.249 e. The van der Waals surface area contributed by atoms with E-state index in [2.05, 4.69) is 20.1 Å². The zero-order valence-electron chi connectivity index (χ0n) is 11.5. The minimum atomic E-state index is 0.324. The molecule has 4 rings (SSSR count). The van der Waals surface area contributed by atoms with Crippen LogP contribution in [-0.2, 0) is 0 Å². The number of para-hydroxylation sites is 2. The first-order valence-electron chi connectivity index (χ1n) is 6.57. The van der Waals surface area contributed by atoms with Crippen LogP contribution in [0.3, 0.4) is 0 Å². The highest BCUT2D eigenvalue weighted by Gasteiger charge is 2.14. The van der Waals surface area contributed by atoms with Gasteiger partial charge in [0.25, 0.3) is 0 Å². The summed E-state index contributed by atoms with van der Waals surface area (Å²) in [7, 11) is 0. The Morgan fingerprint density at radius 2 is 1.68 bits per heavy atom. The molecule has 0 N–H and O–H groups in total. The van der Waals surface area contributed by atoms with Crippen molar-refractivity contribution in [3.05, 3.63) is 52.4 Å². The zero-order valence-corrected chi connectivity index (χ0v) is 13.0. The van der Waals surface area contributed by atoms with Crippen LogP contribution in [0.1, 0.15) is 5.69 Å². The topological polar surface area (TPSA) is 56.0 Å². The van der Waals surface area contributed by atoms with Crippen LogP contribution in [-0.4, -0.2) is 24.6 Å². The lowest BCUT2D eigenvalue weighted by Gasteiger charge is -2.03. The molecule has 0 aliphatic heterocycles. The number of hydrogen-bond donors (Lipinski definition) is 0. The van der Waals surface area contributed by atoms with Crippen molar-refractivity contribution >= 4 is 39.9 Å². The molecule has 0 atom stereocenters. The predicted octanol–water partition coefficient (Wildman–Crippen LogP) is 3.95. The van der Waals surface area contributed by atoms with Crippen LogP contribution in [0.5, 0.6) is 0 Å². The van der Waals surface area contributed by atoms with Crippen molar-refractivity contribution in [3.8, 4) is 11.4 Å². The van der Waals surface area contributed by atoms with Gasteiger partial charge in [0.15, 0.2) is 5.65 Å². The molecule has 0 fully saturated rings. The van der Waals surface area contributed by atoms with Crippen molar-refractivity contribution in [1.29, 1.82) is 0 Å². The molecule has 3 aromatic heterocycles. The van der Waals surface area contributed by atoms with Gasteiger partial charge in [-0.15, -0.1) is 0 Å². The summed E-state index contributed by atoms with van der Waals surface area (Å²) in [5, 5.41) is 5.17. The predicted molar refractivity (Wildman–Crippen MR) is 86.3 cm³/mol. The summed E-state index contributed by atoms with van der Waals surface area (Å²) < 4.78 is 1.53. The summed E-state index contributed by atoms with van der Waals surface area (Å²) >= 11 is 12.1. The van der Waals surface area contributed by atoms with Crippen LogP contribution in [0.15, 0.2) is 36.4 Å². The molecule has 22 heavy (non-hydrogen) atoms. The van der Waals surface area contributed by atoms with E-state index in [1.165, 1.54) is 4.52 Å². The molecule has 0 saturated carbocycles. The monoisotopic (exact) mass is 329 g/mol. The zero-order chi connectivity index (χ0) is 15.3. The molecule has 5 nitrogen and oxygen atoms in total. The van der Waals surface area contributed by atoms with Gasteiger partial charge in [-0.05, 0) is 19.1 Å². The molecule has 0 amide bonds. The average Bonchev–Trinajstić information content (AvgIpc) is 2.90. The minimum absolute atomic E-state index is 0.324. The Morgan fingerprint density at radius 3 is 2.45 bits per heavy atom. The van der Waals surface area contributed by atoms with Crippen molar-refractivity contribution < 1.29 is 0 Å². The molecule has 4 aromatic rings. The Balaban J connectivity index is 1.98. The fourth-order valence-corrected chi connectivity index (χ4v) is 2.83. The molecular formula is C15H9Cl2N5. The third kappa shape index (κ3) is 2.10. The van der Waals surface area contributed by atoms with E-state index in [0.29, 0.717) is 27.3 Å². The van der Waals surface area contributed by atoms with Gasteiger partial charge >= 0.3 is 0 Å². The Kier molecular flexibility index (Phi) is 2.99. The second kappa shape index (κ2) is 4.90. The van der Waals surface area contributed by atoms with Gasteiger partial charge in [0, 0.05) is 12.1 Å². The summed E-state index contributed by atoms with van der Waals surface area (Å²) in [6.45, 7) is 1.90. The Morgan fingerprint density at radius 1 is 0.955 bits per heavy atom. The third-order valence-electron chi connectivity index (χ3n) is 3.34. The van der Waals surface area contributed by atoms with Crippen molar-refractivity contribution in [2.75, 3.05) is 0 Å². The van der Waals surface area contributed by atoms with Gasteiger partial charge in [0.1, 0.15) is 21.7 Å². The Labute approximate surface area is 135 Å². The van der Waals surface area contributed by atoms with E-state index in [0.717, 1.165) is 16.7 Å². The van der Waals surface area contributed by atoms with E-state index in [-0.39, 0.29) is 0 Å². The average molecular weight is 330 g/mol. The molecule has 1 aromatic carbocycles. The molecule has 0 bridgehead atoms. The van der Waals surface area contributed by atoms with E-state index in [4.69, 9.17) is 23.2 Å². The van der Waals surface area contributed by atoms with Gasteiger partial charge in [0.05, 0.1) is 16.7 Å². The van der Waals surface area contributed by atoms with E-state index < -0.39 is 0 Å². The van der Waals surface area contributed by atoms with E-state index in [1.807, 2.05) is 31.2 Å². The molecule has 0 aliphatic rings. The maximum atomic E-state index is 6.14. The first-order valence-corrected chi connectivity index (χ1v) is 7.33. The van der Waals surface area contributed by atoms with Crippen LogP contribution in [0.25, 0.3) is 28.1 Å². The molecule has 7 heteroatoms. The molecule has 0 saturated heterocycles. The van der Waals surface area contributed by atoms with Crippen molar-refractivity contribution in [2.24, 2.45) is 0 Å². The maximum Gasteiger partial charge on any atom is 0.159 e. The van der Waals surface area contributed by atoms with Crippen LogP contribution in [0.2, 0.25) is 10.3 Å². The lowest BCUT2D eigenvalue weighted by Crippen LogP contribution is -1.96. The highest BCUT2D eigenvalue weighted by Crippen LogP contribution is 2.25. The summed E-state index contributed by atoms with van der Waals surface area (Å²) in [6.07, 6.45) is 0. The highest BCUT2D eigenvalue weighted by atomic mass is 35.5. The number of nitrogens with zero attached hydrogens (tertiary/aromatic N) is 5. The third-order valence-corrected chi connectivity index (χ3v) is 3.80. The molecule has 0 radical (unpaired) electrons. The van der Waals surface area contributed by atoms with Gasteiger partial charge < -0.3 is 0 Å². The second-order valence-electron chi connectivity index (χ2n) is 4.85. The standard InChI is InChI=1S/C15H9Cl2N5/c1-8-15(19-10-5-3-2-4-9(10)18-8)11-6-14-20-12(16)7-13(17)22(14)21-11/h2-7H,1H3. The summed E-state index contributed by atoms with van der Waals surface area (Å²) in [4.78, 5) is 13.4. The Hall–Kier alpha value is -2.24. The number of fused-ring (bicyclic) bond motifs is 2. The number of halogens is 2. The van der Waals surface area contributed by atoms with E-state index >= 15 is 0 Å². The lowest BCUT2D eigenvalue weighted by atomic mass is 10.2. The number of aromatic nitrogens is 5. The molecule has 3 heterocycles. The van der Waals surface area contributed by atoms with Gasteiger partial charge in [0.2, 0.25) is 0 Å². The van der Waals surface area contributed by atoms with E-state index in [9.17, 15) is 0 Å². The quantitative estimate of drug-likeness (QED) is 0.496. The Bertz CT molecular complexity index is 1030. The van der Waals surface area contributed by atoms with Gasteiger partial charge in [-0.3, -0.25) is 0 Å². The smallest absolute Gasteiger partial charge is 0.159 e. The molecule has 0 aliphatic carbocycles. The number of benzene rings is 1. The SMILES string of the molecule is Cc1nc2ccccc2nc1-c1cc2nc(Cl)cc(Cl)n2n1. The second-order valence-corrected chi connectivity index (χ2v) is 5.62. The fraction of sp³-hybridized carbons (Fsp3) is 0.0667. The van der Waals surface area contributed by atoms with E-state index in [1.54, 1.807) is 12.1 Å². The summed E-state index contributed by atoms with van der Waals surface area (Å²) in [5.41, 5.74) is 4.40. The summed E-state index contributed by atoms with van der Waals surface area (Å²) in [5.74, 6) is 0. The largest absolute Gasteiger partial charge is 0.249 e. The van der Waals surface area contributed by atoms with Gasteiger partial charge in [-0.25, -0.2) is 19.5 Å². The van der Waals surface area contributed by atoms with Crippen LogP contribution in [0, 0.1) is 6.92 Å². The van der Waals surface area contributed by atoms with Crippen molar-refractivity contribution in [1.82, 2.24) is 24.6 Å². The first-order chi connectivity index (χ1) is 10.6. The number of aryl methyl sites for hydroxylation is 1. The van der Waals surface area contributed by atoms with Crippen LogP contribution < -0.4 is 0 Å². The van der Waals surface area contributed by atoms with Crippen LogP contribution >= 0.6 is 23.2 Å². The number of hydrogen-bond acceptors (Lipinski definition) is 4. The highest BCUT2D eigenvalue weighted by molar-refractivity contribution is 6.33. The molecule has 108 valence electrons. The molecule has 0 unspecified atom stereocenters. The molecular weight excluding hydrogens is 321 g/mol. The van der Waals surface area contributed by atoms with Gasteiger partial charge in [-0.2, -0.15) is 5.10 Å². The normalized spacial score (nSPS) is 11.4. The maximum absolute atomic E-state index is 6.14. The first kappa shape index (κ1) is 13.4. The van der Waals surface area contributed by atoms with Crippen molar-refractivity contribution in [3.63, 3.8) is 0 Å². The van der Waals surface area contributed by atoms with Gasteiger partial charge in [-0.1, -0.05) is 35.3 Å². The summed E-state index contributed by atoms with van der Waals surface area (Å²) in [6, 6.07) is 11.1. The van der Waals surface area contributed by atoms with Crippen molar-refractivity contribution in [2.45, 2.75) is 6.92 Å². The van der Waals surface area contributed by atoms with Crippen LogP contribution in [0.4, 0.5) is 0 Å². The lowest BCUT2D eigenvalue weighted by molar-refractivity contribution is 0.939. The fourth-order valence-electron chi connectivity index (χ4n) is 2.36. The molecule has 0 spiro atoms.